The average Bonchev–Trinajstić information content (AvgIpc) is 2.87. The van der Waals surface area contributed by atoms with Crippen molar-refractivity contribution in [3.63, 3.8) is 0 Å². The van der Waals surface area contributed by atoms with Gasteiger partial charge in [-0.05, 0) is 50.8 Å². The Morgan fingerprint density at radius 1 is 1.17 bits per heavy atom. The number of aromatic nitrogens is 3. The molecule has 2 amide bonds. The number of nitrogens with one attached hydrogen (secondary N) is 2. The van der Waals surface area contributed by atoms with Crippen LogP contribution < -0.4 is 21.1 Å². The van der Waals surface area contributed by atoms with Gasteiger partial charge < -0.3 is 20.3 Å². The Kier molecular flexibility index (Phi) is 8.31. The van der Waals surface area contributed by atoms with Gasteiger partial charge in [0.25, 0.3) is 5.56 Å². The van der Waals surface area contributed by atoms with Gasteiger partial charge >= 0.3 is 6.03 Å². The van der Waals surface area contributed by atoms with Crippen LogP contribution in [0.25, 0.3) is 11.2 Å². The van der Waals surface area contributed by atoms with Crippen molar-refractivity contribution < 1.29 is 9.53 Å². The van der Waals surface area contributed by atoms with Crippen molar-refractivity contribution in [2.45, 2.75) is 45.7 Å². The first kappa shape index (κ1) is 24.7. The first-order valence-corrected chi connectivity index (χ1v) is 12.3. The molecule has 9 heteroatoms. The van der Waals surface area contributed by atoms with Crippen molar-refractivity contribution in [1.29, 1.82) is 0 Å². The summed E-state index contributed by atoms with van der Waals surface area (Å²) in [6.45, 7) is 7.64. The largest absolute Gasteiger partial charge is 0.382 e. The smallest absolute Gasteiger partial charge is 0.315 e. The molecule has 0 spiro atoms. The van der Waals surface area contributed by atoms with Gasteiger partial charge in [0.15, 0.2) is 11.5 Å². The molecular formula is C26H34N6O3. The van der Waals surface area contributed by atoms with Gasteiger partial charge in [-0.3, -0.25) is 9.36 Å². The number of hydrogen-bond donors (Lipinski definition) is 2. The highest BCUT2D eigenvalue weighted by Gasteiger charge is 2.25. The lowest BCUT2D eigenvalue weighted by Gasteiger charge is -2.33. The number of urea groups is 1. The Morgan fingerprint density at radius 3 is 2.69 bits per heavy atom. The molecule has 1 aliphatic heterocycles. The number of rotatable bonds is 9. The minimum Gasteiger partial charge on any atom is -0.382 e. The van der Waals surface area contributed by atoms with E-state index in [1.165, 1.54) is 5.56 Å². The van der Waals surface area contributed by atoms with Gasteiger partial charge in [0, 0.05) is 45.1 Å². The van der Waals surface area contributed by atoms with E-state index in [-0.39, 0.29) is 17.6 Å². The van der Waals surface area contributed by atoms with Gasteiger partial charge in [-0.1, -0.05) is 29.8 Å². The van der Waals surface area contributed by atoms with Crippen LogP contribution in [0.1, 0.15) is 37.3 Å². The topological polar surface area (TPSA) is 101 Å². The van der Waals surface area contributed by atoms with E-state index in [1.54, 1.807) is 10.8 Å². The second-order valence-corrected chi connectivity index (χ2v) is 8.87. The fourth-order valence-corrected chi connectivity index (χ4v) is 4.28. The molecule has 1 fully saturated rings. The number of piperidine rings is 1. The van der Waals surface area contributed by atoms with E-state index in [4.69, 9.17) is 4.74 Å². The molecule has 2 aromatic heterocycles. The SMILES string of the molecule is CCOCCCNC(=O)NC1CCN(c2nc3cccnc3n(Cc3ccc(C)cc3)c2=O)CC1. The standard InChI is InChI=1S/C26H34N6O3/c1-3-35-17-5-14-28-26(34)29-21-11-15-31(16-12-21)24-25(33)32(18-20-9-7-19(2)8-10-20)23-22(30-24)6-4-13-27-23/h4,6-10,13,21H,3,5,11-12,14-18H2,1-2H3,(H2,28,29,34). The lowest BCUT2D eigenvalue weighted by atomic mass is 10.1. The zero-order valence-electron chi connectivity index (χ0n) is 20.5. The van der Waals surface area contributed by atoms with Crippen LogP contribution in [0.5, 0.6) is 0 Å². The minimum atomic E-state index is -0.157. The van der Waals surface area contributed by atoms with Crippen LogP contribution in [-0.2, 0) is 11.3 Å². The highest BCUT2D eigenvalue weighted by Crippen LogP contribution is 2.19. The molecule has 3 aromatic rings. The summed E-state index contributed by atoms with van der Waals surface area (Å²) < 4.78 is 7.00. The average molecular weight is 479 g/mol. The lowest BCUT2D eigenvalue weighted by Crippen LogP contribution is -2.49. The number of nitrogens with zero attached hydrogens (tertiary/aromatic N) is 4. The second-order valence-electron chi connectivity index (χ2n) is 8.87. The predicted molar refractivity (Wildman–Crippen MR) is 137 cm³/mol. The van der Waals surface area contributed by atoms with E-state index in [2.05, 4.69) is 20.6 Å². The number of benzene rings is 1. The third-order valence-electron chi connectivity index (χ3n) is 6.23. The fourth-order valence-electron chi connectivity index (χ4n) is 4.28. The number of anilines is 1. The molecule has 0 atom stereocenters. The lowest BCUT2D eigenvalue weighted by molar-refractivity contribution is 0.145. The maximum absolute atomic E-state index is 13.5. The van der Waals surface area contributed by atoms with E-state index in [0.717, 1.165) is 24.8 Å². The van der Waals surface area contributed by atoms with Crippen molar-refractivity contribution >= 4 is 23.0 Å². The number of ether oxygens (including phenoxy) is 1. The monoisotopic (exact) mass is 478 g/mol. The number of carbonyl (C=O) groups excluding carboxylic acids is 1. The van der Waals surface area contributed by atoms with Gasteiger partial charge in [-0.15, -0.1) is 0 Å². The summed E-state index contributed by atoms with van der Waals surface area (Å²) in [7, 11) is 0. The summed E-state index contributed by atoms with van der Waals surface area (Å²) in [6, 6.07) is 11.8. The van der Waals surface area contributed by atoms with E-state index in [0.29, 0.717) is 56.4 Å². The van der Waals surface area contributed by atoms with Crippen molar-refractivity contribution in [2.24, 2.45) is 0 Å². The predicted octanol–water partition coefficient (Wildman–Crippen LogP) is 2.84. The summed E-state index contributed by atoms with van der Waals surface area (Å²) in [6.07, 6.45) is 3.97. The molecule has 1 aliphatic rings. The molecule has 1 saturated heterocycles. The molecule has 0 radical (unpaired) electrons. The first-order chi connectivity index (χ1) is 17.0. The second kappa shape index (κ2) is 11.8. The van der Waals surface area contributed by atoms with Gasteiger partial charge in [0.1, 0.15) is 5.52 Å². The molecule has 4 rings (SSSR count). The van der Waals surface area contributed by atoms with Crippen molar-refractivity contribution in [3.8, 4) is 0 Å². The summed E-state index contributed by atoms with van der Waals surface area (Å²) in [4.78, 5) is 36.9. The maximum Gasteiger partial charge on any atom is 0.315 e. The van der Waals surface area contributed by atoms with E-state index < -0.39 is 0 Å². The number of aryl methyl sites for hydroxylation is 1. The highest BCUT2D eigenvalue weighted by molar-refractivity contribution is 5.74. The van der Waals surface area contributed by atoms with Crippen molar-refractivity contribution in [3.05, 3.63) is 64.1 Å². The molecule has 35 heavy (non-hydrogen) atoms. The number of amides is 2. The third kappa shape index (κ3) is 6.36. The number of fused-ring (bicyclic) bond motifs is 1. The van der Waals surface area contributed by atoms with Gasteiger partial charge in [-0.25, -0.2) is 14.8 Å². The summed E-state index contributed by atoms with van der Waals surface area (Å²) in [5, 5.41) is 5.92. The highest BCUT2D eigenvalue weighted by atomic mass is 16.5. The molecule has 0 unspecified atom stereocenters. The van der Waals surface area contributed by atoms with Crippen LogP contribution in [0.3, 0.4) is 0 Å². The molecule has 0 saturated carbocycles. The fraction of sp³-hybridized carbons (Fsp3) is 0.462. The molecular weight excluding hydrogens is 444 g/mol. The van der Waals surface area contributed by atoms with Crippen LogP contribution in [-0.4, -0.2) is 59.5 Å². The first-order valence-electron chi connectivity index (χ1n) is 12.3. The number of hydrogen-bond acceptors (Lipinski definition) is 6. The van der Waals surface area contributed by atoms with E-state index >= 15 is 0 Å². The Hall–Kier alpha value is -3.46. The van der Waals surface area contributed by atoms with Crippen LogP contribution in [0.15, 0.2) is 47.4 Å². The van der Waals surface area contributed by atoms with Crippen LogP contribution in [0.2, 0.25) is 0 Å². The van der Waals surface area contributed by atoms with E-state index in [1.807, 2.05) is 55.1 Å². The van der Waals surface area contributed by atoms with Gasteiger partial charge in [0.2, 0.25) is 0 Å². The molecule has 0 aliphatic carbocycles. The molecule has 1 aromatic carbocycles. The van der Waals surface area contributed by atoms with Crippen LogP contribution >= 0.6 is 0 Å². The van der Waals surface area contributed by atoms with E-state index in [9.17, 15) is 9.59 Å². The molecule has 3 heterocycles. The Morgan fingerprint density at radius 2 is 1.94 bits per heavy atom. The quantitative estimate of drug-likeness (QED) is 0.459. The van der Waals surface area contributed by atoms with Crippen LogP contribution in [0.4, 0.5) is 10.6 Å². The van der Waals surface area contributed by atoms with Crippen molar-refractivity contribution in [1.82, 2.24) is 25.2 Å². The summed E-state index contributed by atoms with van der Waals surface area (Å²) in [5.41, 5.74) is 3.35. The Balaban J connectivity index is 1.43. The van der Waals surface area contributed by atoms with Crippen molar-refractivity contribution in [2.75, 3.05) is 37.7 Å². The molecule has 9 nitrogen and oxygen atoms in total. The summed E-state index contributed by atoms with van der Waals surface area (Å²) in [5.74, 6) is 0.441. The molecule has 2 N–H and O–H groups in total. The zero-order chi connectivity index (χ0) is 24.6. The van der Waals surface area contributed by atoms with Gasteiger partial charge in [0.05, 0.1) is 6.54 Å². The minimum absolute atomic E-state index is 0.0649. The molecule has 0 bridgehead atoms. The van der Waals surface area contributed by atoms with Gasteiger partial charge in [-0.2, -0.15) is 0 Å². The number of carbonyl (C=O) groups is 1. The maximum atomic E-state index is 13.5. The summed E-state index contributed by atoms with van der Waals surface area (Å²) >= 11 is 0. The molecule has 186 valence electrons. The Bertz CT molecular complexity index is 1190. The zero-order valence-corrected chi connectivity index (χ0v) is 20.5. The Labute approximate surface area is 205 Å². The van der Waals surface area contributed by atoms with Crippen LogP contribution in [0, 0.1) is 6.92 Å². The number of pyridine rings is 1. The third-order valence-corrected chi connectivity index (χ3v) is 6.23. The normalized spacial score (nSPS) is 14.3.